The SMILES string of the molecule is CCCn1cc(CNCC2CCN(c3ncc(C(=O)NOC4CCCCO4)cn3)CC2)c2cc(F)ccc21. The number of anilines is 1. The summed E-state index contributed by atoms with van der Waals surface area (Å²) in [6, 6.07) is 5.05. The molecule has 204 valence electrons. The molecular formula is C28H37FN6O3. The number of carbonyl (C=O) groups excluding carboxylic acids is 1. The summed E-state index contributed by atoms with van der Waals surface area (Å²) in [5, 5.41) is 4.59. The number of aromatic nitrogens is 3. The highest BCUT2D eigenvalue weighted by atomic mass is 19.1. The molecule has 0 radical (unpaired) electrons. The van der Waals surface area contributed by atoms with Crippen molar-refractivity contribution in [3.63, 3.8) is 0 Å². The van der Waals surface area contributed by atoms with Crippen molar-refractivity contribution in [2.24, 2.45) is 5.92 Å². The molecule has 4 heterocycles. The lowest BCUT2D eigenvalue weighted by Crippen LogP contribution is -2.38. The Kier molecular flexibility index (Phi) is 8.83. The molecule has 5 rings (SSSR count). The van der Waals surface area contributed by atoms with Crippen molar-refractivity contribution >= 4 is 22.8 Å². The van der Waals surface area contributed by atoms with E-state index in [1.165, 1.54) is 18.5 Å². The second kappa shape index (κ2) is 12.6. The van der Waals surface area contributed by atoms with Crippen LogP contribution in [0.25, 0.3) is 10.9 Å². The van der Waals surface area contributed by atoms with Gasteiger partial charge in [0.15, 0.2) is 6.29 Å². The van der Waals surface area contributed by atoms with Crippen LogP contribution in [-0.2, 0) is 22.7 Å². The topological polar surface area (TPSA) is 93.5 Å². The smallest absolute Gasteiger partial charge is 0.278 e. The van der Waals surface area contributed by atoms with Crippen LogP contribution in [0, 0.1) is 11.7 Å². The fourth-order valence-electron chi connectivity index (χ4n) is 5.24. The Bertz CT molecular complexity index is 1200. The van der Waals surface area contributed by atoms with Crippen LogP contribution in [0.1, 0.15) is 61.4 Å². The Morgan fingerprint density at radius 3 is 2.74 bits per heavy atom. The van der Waals surface area contributed by atoms with E-state index in [9.17, 15) is 9.18 Å². The van der Waals surface area contributed by atoms with E-state index in [1.54, 1.807) is 6.07 Å². The molecule has 1 unspecified atom stereocenters. The molecule has 9 nitrogen and oxygen atoms in total. The Morgan fingerprint density at radius 2 is 2.00 bits per heavy atom. The van der Waals surface area contributed by atoms with Crippen LogP contribution >= 0.6 is 0 Å². The average Bonchev–Trinajstić information content (AvgIpc) is 3.29. The Morgan fingerprint density at radius 1 is 1.18 bits per heavy atom. The van der Waals surface area contributed by atoms with Crippen molar-refractivity contribution in [2.45, 2.75) is 64.8 Å². The van der Waals surface area contributed by atoms with Crippen LogP contribution in [-0.4, -0.2) is 53.0 Å². The van der Waals surface area contributed by atoms with Gasteiger partial charge in [-0.2, -0.15) is 0 Å². The summed E-state index contributed by atoms with van der Waals surface area (Å²) < 4.78 is 21.6. The van der Waals surface area contributed by atoms with Crippen LogP contribution in [0.15, 0.2) is 36.8 Å². The van der Waals surface area contributed by atoms with Gasteiger partial charge in [0.05, 0.1) is 5.56 Å². The minimum Gasteiger partial charge on any atom is -0.350 e. The number of piperidine rings is 1. The zero-order valence-electron chi connectivity index (χ0n) is 22.0. The number of hydrogen-bond acceptors (Lipinski definition) is 7. The lowest BCUT2D eigenvalue weighted by Gasteiger charge is -2.32. The molecule has 38 heavy (non-hydrogen) atoms. The number of benzene rings is 1. The van der Waals surface area contributed by atoms with E-state index in [4.69, 9.17) is 9.57 Å². The van der Waals surface area contributed by atoms with E-state index >= 15 is 0 Å². The molecule has 0 bridgehead atoms. The Balaban J connectivity index is 1.07. The zero-order chi connectivity index (χ0) is 26.3. The minimum atomic E-state index is -0.395. The van der Waals surface area contributed by atoms with Crippen molar-refractivity contribution in [3.8, 4) is 0 Å². The number of ether oxygens (including phenoxy) is 1. The third kappa shape index (κ3) is 6.48. The maximum atomic E-state index is 13.9. The van der Waals surface area contributed by atoms with Crippen LogP contribution < -0.4 is 15.7 Å². The summed E-state index contributed by atoms with van der Waals surface area (Å²) in [6.07, 6.45) is 10.7. The van der Waals surface area contributed by atoms with Gasteiger partial charge in [-0.15, -0.1) is 0 Å². The summed E-state index contributed by atoms with van der Waals surface area (Å²) in [4.78, 5) is 28.7. The third-order valence-electron chi connectivity index (χ3n) is 7.36. The number of fused-ring (bicyclic) bond motifs is 1. The number of hydroxylamine groups is 1. The zero-order valence-corrected chi connectivity index (χ0v) is 22.0. The monoisotopic (exact) mass is 524 g/mol. The summed E-state index contributed by atoms with van der Waals surface area (Å²) in [5.41, 5.74) is 5.02. The van der Waals surface area contributed by atoms with E-state index < -0.39 is 6.29 Å². The van der Waals surface area contributed by atoms with Crippen LogP contribution in [0.4, 0.5) is 10.3 Å². The number of rotatable bonds is 10. The van der Waals surface area contributed by atoms with Gasteiger partial charge in [-0.25, -0.2) is 24.7 Å². The quantitative estimate of drug-likeness (QED) is 0.385. The Hall–Kier alpha value is -3.08. The first-order valence-electron chi connectivity index (χ1n) is 13.7. The molecule has 0 spiro atoms. The molecule has 10 heteroatoms. The molecule has 2 aromatic heterocycles. The van der Waals surface area contributed by atoms with Crippen molar-refractivity contribution < 1.29 is 18.8 Å². The maximum Gasteiger partial charge on any atom is 0.278 e. The fraction of sp³-hybridized carbons (Fsp3) is 0.536. The fourth-order valence-corrected chi connectivity index (χ4v) is 5.24. The highest BCUT2D eigenvalue weighted by Gasteiger charge is 2.22. The lowest BCUT2D eigenvalue weighted by atomic mass is 9.97. The standard InChI is InChI=1S/C28H37FN6O3/c1-2-10-35-19-22(24-14-23(29)6-7-25(24)35)16-30-15-20-8-11-34(12-9-20)28-31-17-21(18-32-28)27(36)33-38-26-5-3-4-13-37-26/h6-7,14,17-20,26,30H,2-5,8-13,15-16H2,1H3,(H,33,36). The molecular weight excluding hydrogens is 487 g/mol. The van der Waals surface area contributed by atoms with Gasteiger partial charge in [-0.1, -0.05) is 6.92 Å². The van der Waals surface area contributed by atoms with Gasteiger partial charge >= 0.3 is 0 Å². The first kappa shape index (κ1) is 26.5. The van der Waals surface area contributed by atoms with E-state index in [0.29, 0.717) is 24.0 Å². The number of aryl methyl sites for hydroxylation is 1. The molecule has 3 aromatic rings. The number of halogens is 1. The molecule has 2 aliphatic heterocycles. The molecule has 1 atom stereocenters. The molecule has 2 aliphatic rings. The number of amides is 1. The van der Waals surface area contributed by atoms with Crippen molar-refractivity contribution in [1.82, 2.24) is 25.3 Å². The van der Waals surface area contributed by atoms with Gasteiger partial charge in [0.1, 0.15) is 5.82 Å². The van der Waals surface area contributed by atoms with Gasteiger partial charge < -0.3 is 19.5 Å². The summed E-state index contributed by atoms with van der Waals surface area (Å²) in [7, 11) is 0. The second-order valence-electron chi connectivity index (χ2n) is 10.2. The second-order valence-corrected chi connectivity index (χ2v) is 10.2. The van der Waals surface area contributed by atoms with Gasteiger partial charge in [-0.05, 0) is 68.3 Å². The molecule has 2 saturated heterocycles. The molecule has 1 aromatic carbocycles. The first-order valence-corrected chi connectivity index (χ1v) is 13.7. The van der Waals surface area contributed by atoms with E-state index in [2.05, 4.69) is 43.4 Å². The molecule has 2 N–H and O–H groups in total. The minimum absolute atomic E-state index is 0.196. The largest absolute Gasteiger partial charge is 0.350 e. The van der Waals surface area contributed by atoms with Crippen LogP contribution in [0.3, 0.4) is 0 Å². The number of hydrogen-bond donors (Lipinski definition) is 2. The van der Waals surface area contributed by atoms with Crippen molar-refractivity contribution in [2.75, 3.05) is 31.1 Å². The maximum absolute atomic E-state index is 13.9. The molecule has 2 fully saturated rings. The first-order chi connectivity index (χ1) is 18.6. The number of carbonyl (C=O) groups is 1. The predicted molar refractivity (Wildman–Crippen MR) is 143 cm³/mol. The number of nitrogens with zero attached hydrogens (tertiary/aromatic N) is 4. The highest BCUT2D eigenvalue weighted by Crippen LogP contribution is 2.24. The average molecular weight is 525 g/mol. The van der Waals surface area contributed by atoms with Gasteiger partial charge in [0, 0.05) is 68.7 Å². The van der Waals surface area contributed by atoms with E-state index in [0.717, 1.165) is 87.7 Å². The van der Waals surface area contributed by atoms with E-state index in [-0.39, 0.29) is 11.7 Å². The van der Waals surface area contributed by atoms with E-state index in [1.807, 2.05) is 6.07 Å². The van der Waals surface area contributed by atoms with Crippen molar-refractivity contribution in [3.05, 3.63) is 53.7 Å². The predicted octanol–water partition coefficient (Wildman–Crippen LogP) is 4.17. The number of nitrogens with one attached hydrogen (secondary N) is 2. The van der Waals surface area contributed by atoms with Crippen LogP contribution in [0.5, 0.6) is 0 Å². The molecule has 1 amide bonds. The third-order valence-corrected chi connectivity index (χ3v) is 7.36. The Labute approximate surface area is 222 Å². The summed E-state index contributed by atoms with van der Waals surface area (Å²) >= 11 is 0. The summed E-state index contributed by atoms with van der Waals surface area (Å²) in [5.74, 6) is 0.612. The normalized spacial score (nSPS) is 18.7. The lowest BCUT2D eigenvalue weighted by molar-refractivity contribution is -0.186. The molecule has 0 saturated carbocycles. The van der Waals surface area contributed by atoms with Gasteiger partial charge in [0.2, 0.25) is 5.95 Å². The van der Waals surface area contributed by atoms with Crippen molar-refractivity contribution in [1.29, 1.82) is 0 Å². The van der Waals surface area contributed by atoms with Gasteiger partial charge in [-0.3, -0.25) is 4.79 Å². The summed E-state index contributed by atoms with van der Waals surface area (Å²) in [6.45, 7) is 7.09. The highest BCUT2D eigenvalue weighted by molar-refractivity contribution is 5.92. The van der Waals surface area contributed by atoms with Crippen LogP contribution in [0.2, 0.25) is 0 Å². The van der Waals surface area contributed by atoms with Gasteiger partial charge in [0.25, 0.3) is 5.91 Å². The molecule has 0 aliphatic carbocycles.